The minimum Gasteiger partial charge on any atom is -0.360 e. The fraction of sp³-hybridized carbons (Fsp3) is 0.200. The third kappa shape index (κ3) is 3.04. The topological polar surface area (TPSA) is 47.1 Å². The number of fused-ring (bicyclic) bond motifs is 1. The van der Waals surface area contributed by atoms with Crippen LogP contribution in [0.3, 0.4) is 0 Å². The molecule has 8 heteroatoms. The van der Waals surface area contributed by atoms with Gasteiger partial charge in [0.15, 0.2) is 16.8 Å². The maximum Gasteiger partial charge on any atom is 0.193 e. The molecule has 0 spiro atoms. The number of hydrogen-bond acceptors (Lipinski definition) is 5. The van der Waals surface area contributed by atoms with Gasteiger partial charge in [-0.1, -0.05) is 5.16 Å². The first-order valence-electron chi connectivity index (χ1n) is 8.90. The van der Waals surface area contributed by atoms with Crippen LogP contribution in [0.25, 0.3) is 16.4 Å². The zero-order valence-corrected chi connectivity index (χ0v) is 15.6. The standard InChI is InChI=1S/C20H16F2N4OS/c21-16-4-3-13(10-17(16)22)19-15-12-25(8-5-18(15)27-24-19)11-14-2-1-7-26(14)20-23-6-9-28-20/h1-4,6-7,9-10H,5,8,11-12H2. The van der Waals surface area contributed by atoms with Crippen molar-refractivity contribution >= 4 is 11.3 Å². The highest BCUT2D eigenvalue weighted by molar-refractivity contribution is 7.12. The fourth-order valence-corrected chi connectivity index (χ4v) is 4.22. The molecule has 5 rings (SSSR count). The van der Waals surface area contributed by atoms with Crippen LogP contribution in [0, 0.1) is 11.6 Å². The summed E-state index contributed by atoms with van der Waals surface area (Å²) in [5.41, 5.74) is 3.18. The summed E-state index contributed by atoms with van der Waals surface area (Å²) < 4.78 is 34.5. The average molecular weight is 398 g/mol. The van der Waals surface area contributed by atoms with Crippen LogP contribution in [-0.4, -0.2) is 26.2 Å². The molecule has 1 aliphatic heterocycles. The molecule has 0 saturated carbocycles. The molecule has 4 heterocycles. The highest BCUT2D eigenvalue weighted by atomic mass is 32.1. The Hall–Kier alpha value is -2.84. The SMILES string of the molecule is Fc1ccc(-c2noc3c2CN(Cc2cccn2-c2nccs2)CC3)cc1F. The van der Waals surface area contributed by atoms with Crippen LogP contribution in [-0.2, 0) is 19.5 Å². The predicted molar refractivity (Wildman–Crippen MR) is 101 cm³/mol. The first-order chi connectivity index (χ1) is 13.7. The quantitative estimate of drug-likeness (QED) is 0.510. The molecule has 3 aromatic heterocycles. The Morgan fingerprint density at radius 3 is 2.93 bits per heavy atom. The molecule has 0 saturated heterocycles. The van der Waals surface area contributed by atoms with Crippen molar-refractivity contribution in [2.24, 2.45) is 0 Å². The molecule has 28 heavy (non-hydrogen) atoms. The molecule has 0 aliphatic carbocycles. The zero-order valence-electron chi connectivity index (χ0n) is 14.8. The Morgan fingerprint density at radius 2 is 2.11 bits per heavy atom. The molecule has 5 nitrogen and oxygen atoms in total. The van der Waals surface area contributed by atoms with E-state index < -0.39 is 11.6 Å². The van der Waals surface area contributed by atoms with Gasteiger partial charge in [-0.15, -0.1) is 11.3 Å². The summed E-state index contributed by atoms with van der Waals surface area (Å²) in [6.45, 7) is 2.22. The van der Waals surface area contributed by atoms with Gasteiger partial charge in [-0.25, -0.2) is 13.8 Å². The van der Waals surface area contributed by atoms with Gasteiger partial charge in [-0.05, 0) is 30.3 Å². The van der Waals surface area contributed by atoms with Crippen molar-refractivity contribution in [1.82, 2.24) is 19.6 Å². The van der Waals surface area contributed by atoms with Crippen molar-refractivity contribution in [3.8, 4) is 16.4 Å². The molecule has 0 amide bonds. The van der Waals surface area contributed by atoms with Crippen LogP contribution in [0.1, 0.15) is 17.0 Å². The molecule has 4 aromatic rings. The van der Waals surface area contributed by atoms with Gasteiger partial charge in [-0.2, -0.15) is 0 Å². The predicted octanol–water partition coefficient (Wildman–Crippen LogP) is 4.43. The van der Waals surface area contributed by atoms with Gasteiger partial charge >= 0.3 is 0 Å². The van der Waals surface area contributed by atoms with Crippen LogP contribution in [0.2, 0.25) is 0 Å². The smallest absolute Gasteiger partial charge is 0.193 e. The van der Waals surface area contributed by atoms with E-state index in [0.29, 0.717) is 17.8 Å². The van der Waals surface area contributed by atoms with E-state index in [-0.39, 0.29) is 0 Å². The zero-order chi connectivity index (χ0) is 19.1. The van der Waals surface area contributed by atoms with Gasteiger partial charge in [0.25, 0.3) is 0 Å². The minimum atomic E-state index is -0.886. The summed E-state index contributed by atoms with van der Waals surface area (Å²) in [5.74, 6) is -0.944. The Labute approximate surface area is 163 Å². The van der Waals surface area contributed by atoms with Crippen molar-refractivity contribution < 1.29 is 13.3 Å². The molecule has 1 aromatic carbocycles. The third-order valence-corrected chi connectivity index (χ3v) is 5.71. The lowest BCUT2D eigenvalue weighted by atomic mass is 10.0. The van der Waals surface area contributed by atoms with Crippen molar-refractivity contribution in [1.29, 1.82) is 0 Å². The second-order valence-corrected chi connectivity index (χ2v) is 7.58. The summed E-state index contributed by atoms with van der Waals surface area (Å²) in [7, 11) is 0. The molecule has 0 atom stereocenters. The molecule has 142 valence electrons. The van der Waals surface area contributed by atoms with Crippen LogP contribution in [0.15, 0.2) is 52.6 Å². The molecule has 0 unspecified atom stereocenters. The lowest BCUT2D eigenvalue weighted by Crippen LogP contribution is -2.30. The van der Waals surface area contributed by atoms with Crippen molar-refractivity contribution in [3.05, 3.63) is 76.8 Å². The van der Waals surface area contributed by atoms with E-state index >= 15 is 0 Å². The van der Waals surface area contributed by atoms with Crippen molar-refractivity contribution in [3.63, 3.8) is 0 Å². The van der Waals surface area contributed by atoms with Gasteiger partial charge < -0.3 is 4.52 Å². The Bertz CT molecular complexity index is 1120. The molecular formula is C20H16F2N4OS. The van der Waals surface area contributed by atoms with Gasteiger partial charge in [0.1, 0.15) is 11.5 Å². The Morgan fingerprint density at radius 1 is 1.18 bits per heavy atom. The third-order valence-electron chi connectivity index (χ3n) is 4.94. The Balaban J connectivity index is 1.41. The summed E-state index contributed by atoms with van der Waals surface area (Å²) in [4.78, 5) is 6.68. The second kappa shape index (κ2) is 6.96. The van der Waals surface area contributed by atoms with E-state index in [1.807, 2.05) is 17.6 Å². The number of hydrogen-bond donors (Lipinski definition) is 0. The number of nitrogens with zero attached hydrogens (tertiary/aromatic N) is 4. The molecule has 0 radical (unpaired) electrons. The van der Waals surface area contributed by atoms with Crippen LogP contribution in [0.4, 0.5) is 8.78 Å². The van der Waals surface area contributed by atoms with E-state index in [2.05, 4.69) is 25.7 Å². The average Bonchev–Trinajstić information content (AvgIpc) is 3.44. The van der Waals surface area contributed by atoms with E-state index in [4.69, 9.17) is 4.52 Å². The highest BCUT2D eigenvalue weighted by Crippen LogP contribution is 2.31. The Kier molecular flexibility index (Phi) is 4.29. The summed E-state index contributed by atoms with van der Waals surface area (Å²) in [6, 6.07) is 7.91. The molecular weight excluding hydrogens is 382 g/mol. The monoisotopic (exact) mass is 398 g/mol. The van der Waals surface area contributed by atoms with Crippen LogP contribution >= 0.6 is 11.3 Å². The molecule has 0 N–H and O–H groups in total. The lowest BCUT2D eigenvalue weighted by molar-refractivity contribution is 0.225. The number of halogens is 2. The number of aromatic nitrogens is 3. The fourth-order valence-electron chi connectivity index (χ4n) is 3.57. The number of benzene rings is 1. The van der Waals surface area contributed by atoms with Crippen molar-refractivity contribution in [2.75, 3.05) is 6.54 Å². The van der Waals surface area contributed by atoms with Gasteiger partial charge in [0.05, 0.1) is 0 Å². The molecule has 1 aliphatic rings. The number of thiazole rings is 1. The van der Waals surface area contributed by atoms with Gasteiger partial charge in [0.2, 0.25) is 0 Å². The van der Waals surface area contributed by atoms with Crippen molar-refractivity contribution in [2.45, 2.75) is 19.5 Å². The minimum absolute atomic E-state index is 0.525. The first kappa shape index (κ1) is 17.3. The first-order valence-corrected chi connectivity index (χ1v) is 9.78. The molecule has 0 bridgehead atoms. The summed E-state index contributed by atoms with van der Waals surface area (Å²) in [6.07, 6.45) is 4.53. The molecule has 0 fully saturated rings. The van der Waals surface area contributed by atoms with E-state index in [1.54, 1.807) is 17.5 Å². The number of rotatable bonds is 4. The lowest BCUT2D eigenvalue weighted by Gasteiger charge is -2.26. The normalized spacial score (nSPS) is 14.4. The maximum atomic E-state index is 13.7. The van der Waals surface area contributed by atoms with E-state index in [9.17, 15) is 8.78 Å². The maximum absolute atomic E-state index is 13.7. The summed E-state index contributed by atoms with van der Waals surface area (Å²) in [5, 5.41) is 7.02. The highest BCUT2D eigenvalue weighted by Gasteiger charge is 2.26. The van der Waals surface area contributed by atoms with Gasteiger partial charge in [0, 0.05) is 60.6 Å². The van der Waals surface area contributed by atoms with E-state index in [0.717, 1.165) is 47.7 Å². The van der Waals surface area contributed by atoms with E-state index in [1.165, 1.54) is 12.1 Å². The summed E-state index contributed by atoms with van der Waals surface area (Å²) >= 11 is 1.59. The second-order valence-electron chi connectivity index (χ2n) is 6.71. The van der Waals surface area contributed by atoms with Crippen LogP contribution < -0.4 is 0 Å². The largest absolute Gasteiger partial charge is 0.360 e. The van der Waals surface area contributed by atoms with Crippen LogP contribution in [0.5, 0.6) is 0 Å². The van der Waals surface area contributed by atoms with Gasteiger partial charge in [-0.3, -0.25) is 9.47 Å².